The van der Waals surface area contributed by atoms with Crippen molar-refractivity contribution in [3.8, 4) is 0 Å². The monoisotopic (exact) mass is 364 g/mol. The largest absolute Gasteiger partial charge is 0.371 e. The Labute approximate surface area is 150 Å². The maximum absolute atomic E-state index is 12.7. The average molecular weight is 364 g/mol. The summed E-state index contributed by atoms with van der Waals surface area (Å²) in [4.78, 5) is 17.4. The molecular formula is C17H24N4O3S. The molecule has 2 fully saturated rings. The Kier molecular flexibility index (Phi) is 4.75. The van der Waals surface area contributed by atoms with E-state index < -0.39 is 0 Å². The van der Waals surface area contributed by atoms with Gasteiger partial charge in [-0.25, -0.2) is 14.5 Å². The Bertz CT molecular complexity index is 790. The second kappa shape index (κ2) is 7.01. The first-order chi connectivity index (χ1) is 12.2. The maximum Gasteiger partial charge on any atom is 0.346 e. The van der Waals surface area contributed by atoms with Gasteiger partial charge in [-0.05, 0) is 32.1 Å². The van der Waals surface area contributed by atoms with E-state index in [1.807, 2.05) is 12.3 Å². The van der Waals surface area contributed by atoms with Crippen LogP contribution in [0.4, 0.5) is 0 Å². The molecule has 2 aromatic rings. The fourth-order valence-electron chi connectivity index (χ4n) is 3.56. The highest BCUT2D eigenvalue weighted by Gasteiger charge is 2.31. The lowest BCUT2D eigenvalue weighted by atomic mass is 10.0. The van der Waals surface area contributed by atoms with Crippen LogP contribution in [0.1, 0.15) is 61.8 Å². The van der Waals surface area contributed by atoms with Crippen LogP contribution < -0.4 is 5.69 Å². The molecule has 2 aromatic heterocycles. The Hall–Kier alpha value is -1.51. The van der Waals surface area contributed by atoms with Crippen molar-refractivity contribution in [2.45, 2.75) is 58.4 Å². The van der Waals surface area contributed by atoms with Crippen molar-refractivity contribution in [3.63, 3.8) is 0 Å². The Morgan fingerprint density at radius 1 is 1.32 bits per heavy atom. The van der Waals surface area contributed by atoms with Crippen LogP contribution >= 0.6 is 11.3 Å². The zero-order chi connectivity index (χ0) is 17.4. The number of thiazole rings is 1. The van der Waals surface area contributed by atoms with Gasteiger partial charge in [0, 0.05) is 25.1 Å². The number of hydrogen-bond donors (Lipinski definition) is 0. The summed E-state index contributed by atoms with van der Waals surface area (Å²) in [5.41, 5.74) is 0.775. The van der Waals surface area contributed by atoms with E-state index in [9.17, 15) is 4.79 Å². The van der Waals surface area contributed by atoms with Gasteiger partial charge in [0.2, 0.25) is 0 Å². The zero-order valence-corrected chi connectivity index (χ0v) is 15.5. The highest BCUT2D eigenvalue weighted by Crippen LogP contribution is 2.33. The van der Waals surface area contributed by atoms with Gasteiger partial charge in [0.25, 0.3) is 0 Å². The molecule has 2 saturated heterocycles. The second-order valence-corrected chi connectivity index (χ2v) is 7.67. The molecule has 0 radical (unpaired) electrons. The molecule has 0 aliphatic carbocycles. The molecule has 4 heterocycles. The van der Waals surface area contributed by atoms with E-state index in [1.165, 1.54) is 4.68 Å². The summed E-state index contributed by atoms with van der Waals surface area (Å²) in [5, 5.41) is 7.60. The van der Waals surface area contributed by atoms with E-state index in [-0.39, 0.29) is 17.9 Å². The predicted molar refractivity (Wildman–Crippen MR) is 93.8 cm³/mol. The Balaban J connectivity index is 1.58. The van der Waals surface area contributed by atoms with Crippen molar-refractivity contribution in [2.24, 2.45) is 5.92 Å². The van der Waals surface area contributed by atoms with Crippen molar-refractivity contribution in [1.82, 2.24) is 19.3 Å². The third kappa shape index (κ3) is 3.18. The van der Waals surface area contributed by atoms with Crippen LogP contribution in [0.25, 0.3) is 0 Å². The molecule has 136 valence electrons. The van der Waals surface area contributed by atoms with Crippen LogP contribution in [0.5, 0.6) is 0 Å². The lowest BCUT2D eigenvalue weighted by Gasteiger charge is -2.13. The van der Waals surface area contributed by atoms with Gasteiger partial charge >= 0.3 is 5.69 Å². The second-order valence-electron chi connectivity index (χ2n) is 6.78. The molecule has 3 atom stereocenters. The summed E-state index contributed by atoms with van der Waals surface area (Å²) in [7, 11) is 0. The van der Waals surface area contributed by atoms with Gasteiger partial charge in [0.15, 0.2) is 5.82 Å². The first-order valence-corrected chi connectivity index (χ1v) is 9.90. The summed E-state index contributed by atoms with van der Waals surface area (Å²) in [6.07, 6.45) is 3.15. The maximum atomic E-state index is 12.7. The summed E-state index contributed by atoms with van der Waals surface area (Å²) in [5.74, 6) is 1.12. The fraction of sp³-hybridized carbons (Fsp3) is 0.706. The molecule has 0 spiro atoms. The highest BCUT2D eigenvalue weighted by atomic mass is 32.1. The number of rotatable bonds is 5. The molecule has 7 nitrogen and oxygen atoms in total. The number of aromatic nitrogens is 4. The number of nitrogens with zero attached hydrogens (tertiary/aromatic N) is 4. The molecule has 0 saturated carbocycles. The molecule has 4 rings (SSSR count). The number of ether oxygens (including phenoxy) is 2. The van der Waals surface area contributed by atoms with Gasteiger partial charge < -0.3 is 9.47 Å². The van der Waals surface area contributed by atoms with E-state index in [2.05, 4.69) is 17.0 Å². The first kappa shape index (κ1) is 16.9. The Morgan fingerprint density at radius 3 is 2.88 bits per heavy atom. The quantitative estimate of drug-likeness (QED) is 0.815. The van der Waals surface area contributed by atoms with Gasteiger partial charge in [-0.2, -0.15) is 5.10 Å². The summed E-state index contributed by atoms with van der Waals surface area (Å²) in [6.45, 7) is 6.64. The average Bonchev–Trinajstić information content (AvgIpc) is 3.36. The lowest BCUT2D eigenvalue weighted by molar-refractivity contribution is 0.0836. The van der Waals surface area contributed by atoms with Gasteiger partial charge in [-0.15, -0.1) is 11.3 Å². The molecule has 25 heavy (non-hydrogen) atoms. The minimum Gasteiger partial charge on any atom is -0.371 e. The normalized spacial score (nSPS) is 26.6. The van der Waals surface area contributed by atoms with Crippen LogP contribution in [0, 0.1) is 5.92 Å². The van der Waals surface area contributed by atoms with E-state index >= 15 is 0 Å². The molecule has 0 amide bonds. The topological polar surface area (TPSA) is 71.2 Å². The standard InChI is InChI=1S/C17H24N4O3S/c1-3-20-15(14-11(2)6-8-24-14)19-21(17(20)22)9-12-10-25-16(18-12)13-5-4-7-23-13/h10-11,13-14H,3-9H2,1-2H3/t11-,13+,14+/m1/s1. The van der Waals surface area contributed by atoms with Crippen molar-refractivity contribution in [1.29, 1.82) is 0 Å². The molecule has 0 aromatic carbocycles. The van der Waals surface area contributed by atoms with Gasteiger partial charge in [-0.3, -0.25) is 4.57 Å². The fourth-order valence-corrected chi connectivity index (χ4v) is 4.45. The highest BCUT2D eigenvalue weighted by molar-refractivity contribution is 7.09. The molecule has 0 bridgehead atoms. The van der Waals surface area contributed by atoms with Crippen molar-refractivity contribution in [3.05, 3.63) is 32.4 Å². The predicted octanol–water partition coefficient (Wildman–Crippen LogP) is 2.52. The zero-order valence-electron chi connectivity index (χ0n) is 14.7. The smallest absolute Gasteiger partial charge is 0.346 e. The molecule has 2 aliphatic heterocycles. The summed E-state index contributed by atoms with van der Waals surface area (Å²) in [6, 6.07) is 0. The molecule has 0 N–H and O–H groups in total. The van der Waals surface area contributed by atoms with Crippen LogP contribution in [0.3, 0.4) is 0 Å². The third-order valence-corrected chi connectivity index (χ3v) is 5.98. The SMILES string of the molecule is CCn1c([C@H]2OCC[C@H]2C)nn(Cc2csc([C@@H]3CCCO3)n2)c1=O. The van der Waals surface area contributed by atoms with Crippen LogP contribution in [0.2, 0.25) is 0 Å². The van der Waals surface area contributed by atoms with Crippen LogP contribution in [-0.2, 0) is 22.6 Å². The van der Waals surface area contributed by atoms with Crippen molar-refractivity contribution in [2.75, 3.05) is 13.2 Å². The van der Waals surface area contributed by atoms with Gasteiger partial charge in [-0.1, -0.05) is 6.92 Å². The van der Waals surface area contributed by atoms with Crippen molar-refractivity contribution >= 4 is 11.3 Å². The van der Waals surface area contributed by atoms with Gasteiger partial charge in [0.05, 0.1) is 12.2 Å². The first-order valence-electron chi connectivity index (χ1n) is 9.02. The van der Waals surface area contributed by atoms with E-state index in [0.717, 1.165) is 49.0 Å². The minimum atomic E-state index is -0.0909. The van der Waals surface area contributed by atoms with E-state index in [0.29, 0.717) is 19.0 Å². The van der Waals surface area contributed by atoms with Crippen LogP contribution in [0.15, 0.2) is 10.2 Å². The summed E-state index contributed by atoms with van der Waals surface area (Å²) < 4.78 is 14.7. The van der Waals surface area contributed by atoms with Crippen LogP contribution in [-0.4, -0.2) is 32.5 Å². The Morgan fingerprint density at radius 2 is 2.20 bits per heavy atom. The lowest BCUT2D eigenvalue weighted by Crippen LogP contribution is -2.26. The van der Waals surface area contributed by atoms with E-state index in [1.54, 1.807) is 15.9 Å². The van der Waals surface area contributed by atoms with E-state index in [4.69, 9.17) is 9.47 Å². The third-order valence-electron chi connectivity index (χ3n) is 5.00. The summed E-state index contributed by atoms with van der Waals surface area (Å²) >= 11 is 1.60. The molecule has 0 unspecified atom stereocenters. The van der Waals surface area contributed by atoms with Gasteiger partial charge in [0.1, 0.15) is 17.2 Å². The minimum absolute atomic E-state index is 0.0909. The molecule has 2 aliphatic rings. The van der Waals surface area contributed by atoms with Crippen molar-refractivity contribution < 1.29 is 9.47 Å². The molecule has 8 heteroatoms. The number of hydrogen-bond acceptors (Lipinski definition) is 6. The molecular weight excluding hydrogens is 340 g/mol.